The molecular formula is C21H14ClN3O2S. The number of aromatic nitrogens is 2. The van der Waals surface area contributed by atoms with Gasteiger partial charge in [0.15, 0.2) is 16.5 Å². The van der Waals surface area contributed by atoms with Gasteiger partial charge in [-0.15, -0.1) is 11.3 Å². The third kappa shape index (κ3) is 2.80. The molecule has 1 aliphatic rings. The van der Waals surface area contributed by atoms with Crippen LogP contribution in [0.4, 0.5) is 0 Å². The quantitative estimate of drug-likeness (QED) is 0.467. The first-order chi connectivity index (χ1) is 13.7. The zero-order chi connectivity index (χ0) is 19.1. The van der Waals surface area contributed by atoms with Crippen LogP contribution in [-0.4, -0.2) is 22.6 Å². The minimum Gasteiger partial charge on any atom is -0.486 e. The molecule has 5 nitrogen and oxygen atoms in total. The number of benzene rings is 2. The van der Waals surface area contributed by atoms with Gasteiger partial charge in [-0.25, -0.2) is 4.98 Å². The Hall–Kier alpha value is -3.01. The van der Waals surface area contributed by atoms with E-state index in [9.17, 15) is 5.26 Å². The van der Waals surface area contributed by atoms with Gasteiger partial charge < -0.3 is 9.47 Å². The number of thiazole rings is 1. The van der Waals surface area contributed by atoms with E-state index in [1.165, 1.54) is 0 Å². The van der Waals surface area contributed by atoms with E-state index in [4.69, 9.17) is 26.1 Å². The van der Waals surface area contributed by atoms with Crippen molar-refractivity contribution < 1.29 is 9.47 Å². The smallest absolute Gasteiger partial charge is 0.194 e. The number of fused-ring (bicyclic) bond motifs is 2. The molecule has 4 aromatic rings. The maximum Gasteiger partial charge on any atom is 0.194 e. The van der Waals surface area contributed by atoms with Gasteiger partial charge in [-0.2, -0.15) is 5.26 Å². The summed E-state index contributed by atoms with van der Waals surface area (Å²) >= 11 is 7.58. The van der Waals surface area contributed by atoms with Crippen LogP contribution in [0.3, 0.4) is 0 Å². The molecule has 0 N–H and O–H groups in total. The number of nitriles is 1. The first-order valence-corrected chi connectivity index (χ1v) is 10.0. The van der Waals surface area contributed by atoms with Crippen LogP contribution in [0, 0.1) is 11.3 Å². The molecule has 0 unspecified atom stereocenters. The highest BCUT2D eigenvalue weighted by molar-refractivity contribution is 7.15. The summed E-state index contributed by atoms with van der Waals surface area (Å²) in [6.07, 6.45) is 0.252. The van der Waals surface area contributed by atoms with E-state index in [0.717, 1.165) is 38.9 Å². The fourth-order valence-corrected chi connectivity index (χ4v) is 4.44. The molecule has 0 bridgehead atoms. The first-order valence-electron chi connectivity index (χ1n) is 8.76. The monoisotopic (exact) mass is 407 g/mol. The van der Waals surface area contributed by atoms with Crippen molar-refractivity contribution in [2.45, 2.75) is 6.42 Å². The minimum absolute atomic E-state index is 0.252. The van der Waals surface area contributed by atoms with E-state index in [1.807, 2.05) is 42.5 Å². The second kappa shape index (κ2) is 6.86. The van der Waals surface area contributed by atoms with Gasteiger partial charge in [-0.3, -0.25) is 4.40 Å². The second-order valence-electron chi connectivity index (χ2n) is 6.35. The Balaban J connectivity index is 1.69. The zero-order valence-electron chi connectivity index (χ0n) is 14.7. The molecule has 0 fully saturated rings. The van der Waals surface area contributed by atoms with Crippen molar-refractivity contribution in [1.82, 2.24) is 9.38 Å². The molecule has 0 aliphatic carbocycles. The summed E-state index contributed by atoms with van der Waals surface area (Å²) in [5.41, 5.74) is 4.59. The lowest BCUT2D eigenvalue weighted by Crippen LogP contribution is -2.15. The lowest BCUT2D eigenvalue weighted by atomic mass is 10.1. The summed E-state index contributed by atoms with van der Waals surface area (Å²) in [6.45, 7) is 1.08. The van der Waals surface area contributed by atoms with Gasteiger partial charge in [0, 0.05) is 16.0 Å². The molecule has 0 spiro atoms. The average Bonchev–Trinajstić information content (AvgIpc) is 3.29. The van der Waals surface area contributed by atoms with E-state index < -0.39 is 0 Å². The normalized spacial score (nSPS) is 12.9. The molecule has 7 heteroatoms. The van der Waals surface area contributed by atoms with Crippen molar-refractivity contribution in [3.63, 3.8) is 0 Å². The molecule has 138 valence electrons. The second-order valence-corrected chi connectivity index (χ2v) is 7.62. The predicted molar refractivity (Wildman–Crippen MR) is 109 cm³/mol. The molecule has 5 rings (SSSR count). The van der Waals surface area contributed by atoms with Gasteiger partial charge in [-0.05, 0) is 35.9 Å². The summed E-state index contributed by atoms with van der Waals surface area (Å²) < 4.78 is 13.4. The maximum atomic E-state index is 9.45. The Morgan fingerprint density at radius 3 is 2.61 bits per heavy atom. The Labute approximate surface area is 170 Å². The van der Waals surface area contributed by atoms with Crippen LogP contribution in [0.5, 0.6) is 11.5 Å². The summed E-state index contributed by atoms with van der Waals surface area (Å²) in [5.74, 6) is 1.45. The lowest BCUT2D eigenvalue weighted by Gasteiger charge is -2.18. The molecule has 0 amide bonds. The average molecular weight is 408 g/mol. The first kappa shape index (κ1) is 17.1. The van der Waals surface area contributed by atoms with Crippen LogP contribution in [0.1, 0.15) is 5.69 Å². The van der Waals surface area contributed by atoms with Gasteiger partial charge in [0.25, 0.3) is 0 Å². The lowest BCUT2D eigenvalue weighted by molar-refractivity contribution is 0.171. The zero-order valence-corrected chi connectivity index (χ0v) is 16.3. The van der Waals surface area contributed by atoms with Crippen LogP contribution < -0.4 is 9.47 Å². The van der Waals surface area contributed by atoms with Crippen LogP contribution in [0.15, 0.2) is 47.8 Å². The topological polar surface area (TPSA) is 59.5 Å². The third-order valence-corrected chi connectivity index (χ3v) is 5.74. The van der Waals surface area contributed by atoms with E-state index >= 15 is 0 Å². The molecule has 28 heavy (non-hydrogen) atoms. The minimum atomic E-state index is 0.252. The van der Waals surface area contributed by atoms with Gasteiger partial charge in [-0.1, -0.05) is 23.7 Å². The standard InChI is InChI=1S/C21H14ClN3O2S/c22-15-4-1-13(2-5-15)17-12-28-21-24-20(16(7-8-23)25(17)21)14-3-6-18-19(11-14)27-10-9-26-18/h1-6,11-12H,7,9-10H2. The van der Waals surface area contributed by atoms with Crippen molar-refractivity contribution in [3.05, 3.63) is 58.6 Å². The van der Waals surface area contributed by atoms with Crippen LogP contribution in [-0.2, 0) is 6.42 Å². The van der Waals surface area contributed by atoms with Crippen molar-refractivity contribution >= 4 is 27.9 Å². The summed E-state index contributed by atoms with van der Waals surface area (Å²) in [4.78, 5) is 5.67. The Bertz CT molecular complexity index is 1220. The summed E-state index contributed by atoms with van der Waals surface area (Å²) in [6, 6.07) is 15.8. The summed E-state index contributed by atoms with van der Waals surface area (Å²) in [7, 11) is 0. The third-order valence-electron chi connectivity index (χ3n) is 4.66. The highest BCUT2D eigenvalue weighted by atomic mass is 35.5. The van der Waals surface area contributed by atoms with Crippen LogP contribution in [0.2, 0.25) is 5.02 Å². The van der Waals surface area contributed by atoms with Crippen molar-refractivity contribution in [3.8, 4) is 40.1 Å². The number of hydrogen-bond acceptors (Lipinski definition) is 5. The molecular weight excluding hydrogens is 394 g/mol. The molecule has 2 aromatic heterocycles. The van der Waals surface area contributed by atoms with Crippen molar-refractivity contribution in [1.29, 1.82) is 5.26 Å². The highest BCUT2D eigenvalue weighted by Gasteiger charge is 2.21. The fraction of sp³-hybridized carbons (Fsp3) is 0.143. The van der Waals surface area contributed by atoms with Crippen LogP contribution in [0.25, 0.3) is 27.5 Å². The molecule has 0 saturated carbocycles. The SMILES string of the molecule is N#CCc1c(-c2ccc3c(c2)OCCO3)nc2scc(-c3ccc(Cl)cc3)n12. The van der Waals surface area contributed by atoms with Crippen molar-refractivity contribution in [2.24, 2.45) is 0 Å². The van der Waals surface area contributed by atoms with E-state index in [-0.39, 0.29) is 6.42 Å². The Morgan fingerprint density at radius 1 is 1.07 bits per heavy atom. The number of nitrogens with zero attached hydrogens (tertiary/aromatic N) is 3. The van der Waals surface area contributed by atoms with E-state index in [1.54, 1.807) is 11.3 Å². The fourth-order valence-electron chi connectivity index (χ4n) is 3.40. The highest BCUT2D eigenvalue weighted by Crippen LogP contribution is 2.38. The number of hydrogen-bond donors (Lipinski definition) is 0. The Morgan fingerprint density at radius 2 is 1.82 bits per heavy atom. The number of ether oxygens (including phenoxy) is 2. The Kier molecular flexibility index (Phi) is 4.19. The van der Waals surface area contributed by atoms with Crippen LogP contribution >= 0.6 is 22.9 Å². The van der Waals surface area contributed by atoms with Gasteiger partial charge in [0.2, 0.25) is 0 Å². The molecule has 2 aromatic carbocycles. The van der Waals surface area contributed by atoms with Gasteiger partial charge in [0.05, 0.1) is 29.6 Å². The van der Waals surface area contributed by atoms with Gasteiger partial charge in [0.1, 0.15) is 13.2 Å². The molecule has 0 saturated heterocycles. The molecule has 3 heterocycles. The van der Waals surface area contributed by atoms with E-state index in [0.29, 0.717) is 24.0 Å². The van der Waals surface area contributed by atoms with Gasteiger partial charge >= 0.3 is 0 Å². The van der Waals surface area contributed by atoms with Crippen molar-refractivity contribution in [2.75, 3.05) is 13.2 Å². The number of imidazole rings is 1. The summed E-state index contributed by atoms with van der Waals surface area (Å²) in [5, 5.41) is 12.2. The number of rotatable bonds is 3. The molecule has 1 aliphatic heterocycles. The maximum absolute atomic E-state index is 9.45. The molecule has 0 atom stereocenters. The van der Waals surface area contributed by atoms with E-state index in [2.05, 4.69) is 15.8 Å². The largest absolute Gasteiger partial charge is 0.486 e. The number of halogens is 1. The molecule has 0 radical (unpaired) electrons. The predicted octanol–water partition coefficient (Wildman–Crippen LogP) is 5.22.